The zero-order valence-electron chi connectivity index (χ0n) is 36.5. The summed E-state index contributed by atoms with van der Waals surface area (Å²) >= 11 is -0.204. The third-order valence-corrected chi connectivity index (χ3v) is 17.1. The summed E-state index contributed by atoms with van der Waals surface area (Å²) in [4.78, 5) is 5.32. The molecule has 0 aliphatic rings. The van der Waals surface area contributed by atoms with Crippen molar-refractivity contribution in [3.63, 3.8) is 0 Å². The second-order valence-corrected chi connectivity index (χ2v) is 28.8. The van der Waals surface area contributed by atoms with Crippen molar-refractivity contribution in [3.05, 3.63) is 174 Å². The molecule has 0 bridgehead atoms. The molecule has 0 fully saturated rings. The van der Waals surface area contributed by atoms with Gasteiger partial charge < -0.3 is 4.57 Å². The summed E-state index contributed by atoms with van der Waals surface area (Å²) in [6.45, 7) is 10.7. The molecular weight excluding hydrogens is 986 g/mol. The summed E-state index contributed by atoms with van der Waals surface area (Å²) in [7, 11) is 0. The number of aromatic nitrogens is 2. The van der Waals surface area contributed by atoms with Gasteiger partial charge in [0.2, 0.25) is 0 Å². The van der Waals surface area contributed by atoms with Crippen LogP contribution in [0.4, 0.5) is 0 Å². The van der Waals surface area contributed by atoms with Crippen LogP contribution in [0, 0.1) is 38.0 Å². The Morgan fingerprint density at radius 1 is 0.700 bits per heavy atom. The van der Waals surface area contributed by atoms with Crippen molar-refractivity contribution in [2.45, 2.75) is 57.8 Å². The van der Waals surface area contributed by atoms with Gasteiger partial charge in [0, 0.05) is 15.8 Å². The fourth-order valence-electron chi connectivity index (χ4n) is 8.30. The fraction of sp³-hybridized carbons (Fsp3) is 0.182. The summed E-state index contributed by atoms with van der Waals surface area (Å²) in [5.74, 6) is 7.78. The number of nitrogens with zero attached hydrogens (tertiary/aromatic N) is 2. The van der Waals surface area contributed by atoms with E-state index < -0.39 is 19.2 Å². The van der Waals surface area contributed by atoms with Crippen molar-refractivity contribution in [1.82, 2.24) is 9.55 Å². The Labute approximate surface area is 376 Å². The quantitative estimate of drug-likeness (QED) is 0.120. The van der Waals surface area contributed by atoms with Crippen LogP contribution in [-0.4, -0.2) is 22.8 Å². The number of fused-ring (bicyclic) bond motifs is 6. The van der Waals surface area contributed by atoms with E-state index in [1.807, 2.05) is 36.5 Å². The molecule has 8 aromatic carbocycles. The predicted octanol–water partition coefficient (Wildman–Crippen LogP) is 15.0. The first-order valence-electron chi connectivity index (χ1n) is 21.1. The van der Waals surface area contributed by atoms with Crippen LogP contribution in [0.1, 0.15) is 44.7 Å². The van der Waals surface area contributed by atoms with Crippen molar-refractivity contribution in [2.75, 3.05) is 0 Å². The molecule has 10 aromatic rings. The van der Waals surface area contributed by atoms with Crippen LogP contribution in [0.3, 0.4) is 0 Å². The normalized spacial score (nSPS) is 13.1. The molecule has 60 heavy (non-hydrogen) atoms. The van der Waals surface area contributed by atoms with Crippen molar-refractivity contribution in [1.29, 1.82) is 0 Å². The fourth-order valence-corrected chi connectivity index (χ4v) is 13.0. The molecule has 0 saturated carbocycles. The minimum atomic E-state index is -2.05. The standard InChI is InChI=1S/C35H23N2S.C20H26Ge.Ir/c1-21-14-16-27-32(18-21)38-34-28(17-15-22(2)33(27)34)35-36-29-19-24-9-3-4-10-25(24)20-31(29)37(35)30-13-7-11-23-8-5-6-12-26(23)30;1-15(2)16(3)19-14-18(17-10-8-7-9-11-17)12-13-20(19)21(4,5)6;/h3-16,18-20H,1-2H3;7-10,13-16H,1-6H3;/q-1;-2;+3/i;16D;. The van der Waals surface area contributed by atoms with E-state index in [1.54, 1.807) is 0 Å². The Kier molecular flexibility index (Phi) is 11.4. The van der Waals surface area contributed by atoms with Gasteiger partial charge in [-0.1, -0.05) is 90.7 Å². The number of thiophene rings is 1. The molecule has 1 unspecified atom stereocenters. The first-order valence-corrected chi connectivity index (χ1v) is 28.7. The van der Waals surface area contributed by atoms with Gasteiger partial charge in [-0.2, -0.15) is 11.3 Å². The van der Waals surface area contributed by atoms with Gasteiger partial charge in [-0.25, -0.2) is 0 Å². The zero-order chi connectivity index (χ0) is 41.9. The largest absolute Gasteiger partial charge is 3.00 e. The second-order valence-electron chi connectivity index (χ2n) is 17.1. The van der Waals surface area contributed by atoms with Crippen LogP contribution < -0.4 is 4.40 Å². The van der Waals surface area contributed by atoms with E-state index in [-0.39, 0.29) is 26.0 Å². The van der Waals surface area contributed by atoms with Crippen molar-refractivity contribution in [2.24, 2.45) is 5.92 Å². The van der Waals surface area contributed by atoms with Crippen LogP contribution in [0.5, 0.6) is 0 Å². The van der Waals surface area contributed by atoms with Gasteiger partial charge >= 0.3 is 154 Å². The number of rotatable bonds is 6. The Hall–Kier alpha value is -4.84. The summed E-state index contributed by atoms with van der Waals surface area (Å²) < 4.78 is 15.2. The molecule has 298 valence electrons. The van der Waals surface area contributed by atoms with E-state index in [1.165, 1.54) is 62.8 Å². The van der Waals surface area contributed by atoms with E-state index in [9.17, 15) is 0 Å². The van der Waals surface area contributed by atoms with E-state index in [2.05, 4.69) is 189 Å². The van der Waals surface area contributed by atoms with E-state index >= 15 is 0 Å². The molecule has 10 rings (SSSR count). The van der Waals surface area contributed by atoms with Crippen molar-refractivity contribution < 1.29 is 21.5 Å². The van der Waals surface area contributed by atoms with Gasteiger partial charge in [-0.05, 0) is 63.0 Å². The van der Waals surface area contributed by atoms with Crippen LogP contribution in [-0.2, 0) is 20.1 Å². The van der Waals surface area contributed by atoms with Crippen LogP contribution >= 0.6 is 11.3 Å². The smallest absolute Gasteiger partial charge is 3.00 e. The first kappa shape index (κ1) is 40.6. The third kappa shape index (κ3) is 7.80. The molecule has 5 heteroatoms. The van der Waals surface area contributed by atoms with Gasteiger partial charge in [-0.3, -0.25) is 4.98 Å². The van der Waals surface area contributed by atoms with E-state index in [0.717, 1.165) is 39.2 Å². The Balaban J connectivity index is 0.000000192. The van der Waals surface area contributed by atoms with Crippen LogP contribution in [0.2, 0.25) is 17.3 Å². The second kappa shape index (κ2) is 16.9. The molecule has 0 N–H and O–H groups in total. The molecule has 2 heterocycles. The van der Waals surface area contributed by atoms with Crippen LogP contribution in [0.15, 0.2) is 140 Å². The summed E-state index contributed by atoms with van der Waals surface area (Å²) in [5, 5.41) is 7.45. The Morgan fingerprint density at radius 3 is 2.15 bits per heavy atom. The molecule has 0 spiro atoms. The van der Waals surface area contributed by atoms with E-state index in [0.29, 0.717) is 0 Å². The minimum absolute atomic E-state index is 0. The number of hydrogen-bond acceptors (Lipinski definition) is 2. The topological polar surface area (TPSA) is 17.8 Å². The minimum Gasteiger partial charge on any atom is 3.00 e. The maximum Gasteiger partial charge on any atom is 3.00 e. The summed E-state index contributed by atoms with van der Waals surface area (Å²) in [6.07, 6.45) is 0. The average molecular weight is 1040 g/mol. The molecule has 2 aromatic heterocycles. The monoisotopic (exact) mass is 1040 g/mol. The van der Waals surface area contributed by atoms with Crippen molar-refractivity contribution >= 4 is 81.7 Å². The number of hydrogen-bond donors (Lipinski definition) is 0. The first-order chi connectivity index (χ1) is 28.8. The van der Waals surface area contributed by atoms with E-state index in [4.69, 9.17) is 6.35 Å². The summed E-state index contributed by atoms with van der Waals surface area (Å²) in [5.41, 5.74) is 10.1. The predicted molar refractivity (Wildman–Crippen MR) is 258 cm³/mol. The van der Waals surface area contributed by atoms with Gasteiger partial charge in [0.15, 0.2) is 0 Å². The third-order valence-electron chi connectivity index (χ3n) is 11.7. The Bertz CT molecular complexity index is 3220. The SMILES string of the molecule is Cc1ccc2c(c1)sc1c(-c3nc4cc5ccccc5cc4n3-c3cccc4ccccc34)[c-]cc(C)c12.[2H]C(C)(c1cc(-c2[c-]cccc2)[c-]c[c]1[Ge]([CH3])([CH3])[CH3])C(C)C.[Ir+3]. The van der Waals surface area contributed by atoms with Gasteiger partial charge in [0.1, 0.15) is 0 Å². The van der Waals surface area contributed by atoms with Crippen LogP contribution in [0.25, 0.3) is 81.0 Å². The van der Waals surface area contributed by atoms with Gasteiger partial charge in [0.25, 0.3) is 0 Å². The molecule has 0 aliphatic heterocycles. The van der Waals surface area contributed by atoms with Gasteiger partial charge in [-0.15, -0.1) is 17.7 Å². The maximum absolute atomic E-state index is 8.91. The maximum atomic E-state index is 8.91. The molecular formula is C55H49GeIrN2S. The molecule has 0 aliphatic carbocycles. The average Bonchev–Trinajstić information content (AvgIpc) is 3.81. The molecule has 1 atom stereocenters. The summed E-state index contributed by atoms with van der Waals surface area (Å²) in [6, 6.07) is 59.8. The number of benzene rings is 8. The Morgan fingerprint density at radius 2 is 1.42 bits per heavy atom. The van der Waals surface area contributed by atoms with Crippen molar-refractivity contribution in [3.8, 4) is 28.2 Å². The molecule has 0 saturated heterocycles. The number of aryl methyl sites for hydroxylation is 2. The molecule has 0 amide bonds. The van der Waals surface area contributed by atoms with Gasteiger partial charge in [0.05, 0.1) is 16.9 Å². The number of imidazole rings is 1. The zero-order valence-corrected chi connectivity index (χ0v) is 40.8. The molecule has 2 nitrogen and oxygen atoms in total. The molecule has 0 radical (unpaired) electrons.